The van der Waals surface area contributed by atoms with Gasteiger partial charge in [0.1, 0.15) is 0 Å². The molecule has 0 bridgehead atoms. The molecule has 0 radical (unpaired) electrons. The van der Waals surface area contributed by atoms with Crippen LogP contribution in [0.5, 0.6) is 0 Å². The summed E-state index contributed by atoms with van der Waals surface area (Å²) < 4.78 is 14.8. The zero-order valence-electron chi connectivity index (χ0n) is 17.4. The first-order chi connectivity index (χ1) is 14.1. The third-order valence-electron chi connectivity index (χ3n) is 8.40. The molecule has 0 N–H and O–H groups in total. The van der Waals surface area contributed by atoms with E-state index < -0.39 is 6.69 Å². The van der Waals surface area contributed by atoms with E-state index in [4.69, 9.17) is 9.31 Å². The first-order valence-electron chi connectivity index (χ1n) is 11.3. The Morgan fingerprint density at radius 1 is 0.862 bits per heavy atom. The molecule has 0 spiro atoms. The fourth-order valence-corrected chi connectivity index (χ4v) is 7.56. The van der Waals surface area contributed by atoms with Crippen molar-refractivity contribution in [3.8, 4) is 0 Å². The summed E-state index contributed by atoms with van der Waals surface area (Å²) in [5.74, 6) is 1.88. The number of allylic oxidation sites excluding steroid dienone is 1. The van der Waals surface area contributed by atoms with E-state index >= 15 is 0 Å². The molecule has 1 aliphatic carbocycles. The van der Waals surface area contributed by atoms with Gasteiger partial charge in [-0.25, -0.2) is 0 Å². The number of fused-ring (bicyclic) bond motifs is 1. The van der Waals surface area contributed by atoms with Gasteiger partial charge in [-0.15, -0.1) is 0 Å². The molecule has 3 heterocycles. The first-order valence-corrected chi connectivity index (χ1v) is 11.3. The molecule has 29 heavy (non-hydrogen) atoms. The molecule has 3 nitrogen and oxygen atoms in total. The van der Waals surface area contributed by atoms with Gasteiger partial charge in [0, 0.05) is 18.0 Å². The van der Waals surface area contributed by atoms with Crippen LogP contribution in [-0.2, 0) is 9.31 Å². The highest BCUT2D eigenvalue weighted by Crippen LogP contribution is 2.65. The highest BCUT2D eigenvalue weighted by molar-refractivity contribution is 6.63. The van der Waals surface area contributed by atoms with Gasteiger partial charge >= 0.3 is 6.69 Å². The fraction of sp³-hybridized carbons (Fsp3) is 0.440. The molecule has 2 aromatic carbocycles. The molecule has 4 aliphatic rings. The standard InChI is InChI=1S/C25H30BNO2/c1-18-13-14-22-16-27-15-19(2)29-26(27,25(22)24(18)21-11-7-4-8-12-21)28-17-23(27)20-9-5-3-6-10-20/h3-14,18-19,22-25H,15-17H2,1-2H3/t18-,19-,22-,23+,24+,25-,26+,27-/m1/s1. The SMILES string of the molecule is C[C@@H]1C[N@+]23C[C@H]4C=C[C@@H](C)[C@@H](c5ccccc5)[C@@H]4[B@-]2(OC[C@H]3c2ccccc2)O1. The molecule has 3 aliphatic heterocycles. The van der Waals surface area contributed by atoms with Gasteiger partial charge in [0.2, 0.25) is 0 Å². The van der Waals surface area contributed by atoms with Gasteiger partial charge < -0.3 is 13.7 Å². The van der Waals surface area contributed by atoms with Crippen LogP contribution in [0.4, 0.5) is 0 Å². The Kier molecular flexibility index (Phi) is 3.90. The number of hydrogen-bond donors (Lipinski definition) is 0. The van der Waals surface area contributed by atoms with Crippen molar-refractivity contribution in [3.05, 3.63) is 83.9 Å². The minimum atomic E-state index is -1.39. The van der Waals surface area contributed by atoms with Crippen LogP contribution in [0, 0.1) is 11.8 Å². The predicted molar refractivity (Wildman–Crippen MR) is 116 cm³/mol. The second-order valence-corrected chi connectivity index (χ2v) is 9.82. The number of quaternary nitrogens is 1. The van der Waals surface area contributed by atoms with Crippen LogP contribution in [0.15, 0.2) is 72.8 Å². The van der Waals surface area contributed by atoms with E-state index in [-0.39, 0.29) is 6.10 Å². The highest BCUT2D eigenvalue weighted by atomic mass is 16.7. The van der Waals surface area contributed by atoms with Crippen molar-refractivity contribution >= 4 is 6.69 Å². The van der Waals surface area contributed by atoms with E-state index in [9.17, 15) is 0 Å². The topological polar surface area (TPSA) is 18.5 Å². The predicted octanol–water partition coefficient (Wildman–Crippen LogP) is 4.92. The maximum Gasteiger partial charge on any atom is 0.478 e. The van der Waals surface area contributed by atoms with Crippen molar-refractivity contribution in [1.29, 1.82) is 0 Å². The molecule has 4 heteroatoms. The first kappa shape index (κ1) is 17.9. The Morgan fingerprint density at radius 2 is 1.55 bits per heavy atom. The Balaban J connectivity index is 1.50. The summed E-state index contributed by atoms with van der Waals surface area (Å²) in [6.07, 6.45) is 5.19. The molecule has 3 saturated heterocycles. The van der Waals surface area contributed by atoms with Crippen LogP contribution in [0.2, 0.25) is 5.82 Å². The minimum absolute atomic E-state index is 0.250. The minimum Gasteiger partial charge on any atom is -0.509 e. The van der Waals surface area contributed by atoms with E-state index in [1.807, 2.05) is 0 Å². The van der Waals surface area contributed by atoms with Gasteiger partial charge in [0.25, 0.3) is 0 Å². The maximum absolute atomic E-state index is 6.89. The zero-order valence-corrected chi connectivity index (χ0v) is 17.4. The summed E-state index contributed by atoms with van der Waals surface area (Å²) in [6, 6.07) is 22.5. The lowest BCUT2D eigenvalue weighted by molar-refractivity contribution is -0.849. The normalized spacial score (nSPS) is 45.0. The number of nitrogens with zero attached hydrogens (tertiary/aromatic N) is 1. The highest BCUT2D eigenvalue weighted by Gasteiger charge is 2.75. The van der Waals surface area contributed by atoms with Crippen molar-refractivity contribution in [2.24, 2.45) is 11.8 Å². The number of benzene rings is 2. The molecule has 3 fully saturated rings. The smallest absolute Gasteiger partial charge is 0.478 e. The third-order valence-corrected chi connectivity index (χ3v) is 8.40. The van der Waals surface area contributed by atoms with Gasteiger partial charge in [-0.05, 0) is 30.1 Å². The monoisotopic (exact) mass is 387 g/mol. The second-order valence-electron chi connectivity index (χ2n) is 9.82. The van der Waals surface area contributed by atoms with Crippen LogP contribution in [0.25, 0.3) is 0 Å². The van der Waals surface area contributed by atoms with Crippen LogP contribution >= 0.6 is 0 Å². The molecule has 0 aromatic heterocycles. The van der Waals surface area contributed by atoms with E-state index in [0.29, 0.717) is 29.6 Å². The van der Waals surface area contributed by atoms with Gasteiger partial charge in [-0.2, -0.15) is 0 Å². The van der Waals surface area contributed by atoms with E-state index in [1.54, 1.807) is 0 Å². The lowest BCUT2D eigenvalue weighted by atomic mass is 9.47. The van der Waals surface area contributed by atoms with Crippen molar-refractivity contribution < 1.29 is 13.7 Å². The Labute approximate surface area is 173 Å². The molecular formula is C25H30BNO2. The van der Waals surface area contributed by atoms with Crippen LogP contribution in [-0.4, -0.2) is 36.9 Å². The molecule has 150 valence electrons. The molecular weight excluding hydrogens is 357 g/mol. The Bertz CT molecular complexity index is 934. The van der Waals surface area contributed by atoms with Crippen molar-refractivity contribution in [2.75, 3.05) is 19.7 Å². The van der Waals surface area contributed by atoms with Gasteiger partial charge in [-0.1, -0.05) is 79.7 Å². The summed E-state index contributed by atoms with van der Waals surface area (Å²) in [6.45, 7) is 6.20. The van der Waals surface area contributed by atoms with Crippen LogP contribution in [0.1, 0.15) is 36.9 Å². The van der Waals surface area contributed by atoms with Gasteiger partial charge in [-0.3, -0.25) is 0 Å². The fourth-order valence-electron chi connectivity index (χ4n) is 7.56. The Hall–Kier alpha value is -1.88. The number of hydrogen-bond acceptors (Lipinski definition) is 2. The maximum atomic E-state index is 6.89. The lowest BCUT2D eigenvalue weighted by Gasteiger charge is -2.48. The Morgan fingerprint density at radius 3 is 2.28 bits per heavy atom. The third kappa shape index (κ3) is 2.31. The summed E-state index contributed by atoms with van der Waals surface area (Å²) in [7, 11) is 0. The average molecular weight is 387 g/mol. The van der Waals surface area contributed by atoms with E-state index in [1.165, 1.54) is 11.1 Å². The van der Waals surface area contributed by atoms with Crippen molar-refractivity contribution in [2.45, 2.75) is 37.7 Å². The largest absolute Gasteiger partial charge is 0.509 e. The quantitative estimate of drug-likeness (QED) is 0.538. The summed E-state index contributed by atoms with van der Waals surface area (Å²) in [5.41, 5.74) is 2.84. The molecule has 0 amide bonds. The van der Waals surface area contributed by atoms with Gasteiger partial charge in [0.15, 0.2) is 0 Å². The second kappa shape index (κ2) is 6.31. The van der Waals surface area contributed by atoms with E-state index in [0.717, 1.165) is 24.1 Å². The molecule has 0 unspecified atom stereocenters. The van der Waals surface area contributed by atoms with E-state index in [2.05, 4.69) is 86.7 Å². The van der Waals surface area contributed by atoms with Crippen molar-refractivity contribution in [1.82, 2.24) is 0 Å². The molecule has 2 aromatic rings. The number of rotatable bonds is 2. The zero-order chi connectivity index (χ0) is 19.6. The van der Waals surface area contributed by atoms with Crippen LogP contribution < -0.4 is 0 Å². The summed E-state index contributed by atoms with van der Waals surface area (Å²) >= 11 is 0. The summed E-state index contributed by atoms with van der Waals surface area (Å²) in [5, 5.41) is 0. The van der Waals surface area contributed by atoms with Crippen LogP contribution in [0.3, 0.4) is 0 Å². The summed E-state index contributed by atoms with van der Waals surface area (Å²) in [4.78, 5) is 0. The molecule has 6 rings (SSSR count). The van der Waals surface area contributed by atoms with Gasteiger partial charge in [0.05, 0.1) is 25.3 Å². The van der Waals surface area contributed by atoms with Crippen molar-refractivity contribution in [3.63, 3.8) is 0 Å². The molecule has 8 atom stereocenters. The lowest BCUT2D eigenvalue weighted by Crippen LogP contribution is -2.61. The average Bonchev–Trinajstić information content (AvgIpc) is 3.28. The molecule has 0 saturated carbocycles.